The van der Waals surface area contributed by atoms with Crippen LogP contribution in [0.2, 0.25) is 5.15 Å². The van der Waals surface area contributed by atoms with Gasteiger partial charge in [-0.3, -0.25) is 9.59 Å². The monoisotopic (exact) mass is 455 g/mol. The maximum atomic E-state index is 13.8. The van der Waals surface area contributed by atoms with Crippen LogP contribution in [0.15, 0.2) is 53.6 Å². The van der Waals surface area contributed by atoms with E-state index in [4.69, 9.17) is 21.4 Å². The summed E-state index contributed by atoms with van der Waals surface area (Å²) in [7, 11) is 1.54. The van der Waals surface area contributed by atoms with Gasteiger partial charge in [-0.15, -0.1) is 0 Å². The number of halogens is 2. The molecule has 0 spiro atoms. The number of hydrazone groups is 1. The van der Waals surface area contributed by atoms with Crippen LogP contribution in [0.1, 0.15) is 36.4 Å². The summed E-state index contributed by atoms with van der Waals surface area (Å²) in [5, 5.41) is 15.6. The largest absolute Gasteiger partial charge is 0.494 e. The van der Waals surface area contributed by atoms with E-state index in [-0.39, 0.29) is 24.4 Å². The second kappa shape index (κ2) is 8.92. The highest BCUT2D eigenvalue weighted by Crippen LogP contribution is 2.38. The highest BCUT2D eigenvalue weighted by atomic mass is 35.5. The number of hydrogen-bond acceptors (Lipinski definition) is 5. The third-order valence-corrected chi connectivity index (χ3v) is 5.55. The summed E-state index contributed by atoms with van der Waals surface area (Å²) in [6, 6.07) is 12.6. The van der Waals surface area contributed by atoms with Crippen LogP contribution in [0.4, 0.5) is 4.39 Å². The van der Waals surface area contributed by atoms with Gasteiger partial charge in [-0.1, -0.05) is 35.9 Å². The molecule has 1 aliphatic heterocycles. The molecule has 0 unspecified atom stereocenters. The molecule has 0 bridgehead atoms. The van der Waals surface area contributed by atoms with Gasteiger partial charge < -0.3 is 9.84 Å². The van der Waals surface area contributed by atoms with Crippen LogP contribution in [0.25, 0.3) is 10.9 Å². The summed E-state index contributed by atoms with van der Waals surface area (Å²) in [4.78, 5) is 28.3. The van der Waals surface area contributed by atoms with Crippen molar-refractivity contribution in [2.45, 2.75) is 25.3 Å². The Balaban J connectivity index is 1.76. The minimum absolute atomic E-state index is 0.179. The summed E-state index contributed by atoms with van der Waals surface area (Å²) >= 11 is 6.52. The second-order valence-corrected chi connectivity index (χ2v) is 7.67. The van der Waals surface area contributed by atoms with Gasteiger partial charge in [0.1, 0.15) is 22.2 Å². The van der Waals surface area contributed by atoms with Crippen LogP contribution in [0.5, 0.6) is 5.75 Å². The molecule has 0 fully saturated rings. The number of methoxy groups -OCH3 is 1. The quantitative estimate of drug-likeness (QED) is 0.549. The Hall–Kier alpha value is -3.52. The predicted molar refractivity (Wildman–Crippen MR) is 117 cm³/mol. The minimum atomic E-state index is -1.08. The van der Waals surface area contributed by atoms with Gasteiger partial charge in [-0.25, -0.2) is 14.4 Å². The minimum Gasteiger partial charge on any atom is -0.494 e. The van der Waals surface area contributed by atoms with Crippen molar-refractivity contribution in [2.24, 2.45) is 5.10 Å². The average Bonchev–Trinajstić information content (AvgIpc) is 3.22. The molecule has 1 aromatic heterocycles. The van der Waals surface area contributed by atoms with Crippen molar-refractivity contribution in [3.8, 4) is 5.75 Å². The number of carbonyl (C=O) groups excluding carboxylic acids is 1. The van der Waals surface area contributed by atoms with Gasteiger partial charge in [0.15, 0.2) is 0 Å². The fraction of sp³-hybridized carbons (Fsp3) is 0.217. The number of pyridine rings is 1. The Morgan fingerprint density at radius 3 is 2.72 bits per heavy atom. The number of carboxylic acid groups (broad SMARTS) is 1. The number of aromatic nitrogens is 1. The number of aliphatic carboxylic acids is 1. The van der Waals surface area contributed by atoms with E-state index in [0.29, 0.717) is 28.1 Å². The van der Waals surface area contributed by atoms with Gasteiger partial charge >= 0.3 is 5.97 Å². The van der Waals surface area contributed by atoms with Crippen LogP contribution in [-0.2, 0) is 9.59 Å². The molecular formula is C23H19ClFN3O4. The van der Waals surface area contributed by atoms with Gasteiger partial charge in [0.2, 0.25) is 5.91 Å². The van der Waals surface area contributed by atoms with Gasteiger partial charge in [-0.05, 0) is 24.3 Å². The Bertz CT molecular complexity index is 1250. The van der Waals surface area contributed by atoms with Crippen molar-refractivity contribution in [3.05, 3.63) is 70.6 Å². The summed E-state index contributed by atoms with van der Waals surface area (Å²) in [6.45, 7) is 0. The molecule has 1 atom stereocenters. The topological polar surface area (TPSA) is 92.1 Å². The van der Waals surface area contributed by atoms with Gasteiger partial charge in [0, 0.05) is 29.4 Å². The van der Waals surface area contributed by atoms with Crippen LogP contribution in [0.3, 0.4) is 0 Å². The number of para-hydroxylation sites is 1. The molecule has 2 aromatic carbocycles. The summed E-state index contributed by atoms with van der Waals surface area (Å²) < 4.78 is 19.1. The number of nitrogens with zero attached hydrogens (tertiary/aromatic N) is 3. The number of amides is 1. The number of ether oxygens (including phenoxy) is 1. The smallest absolute Gasteiger partial charge is 0.303 e. The SMILES string of the molecule is COc1cccc2cc([C@@H]3CC(c4cccc(F)c4)=NN3C(=O)CCC(=O)O)c(Cl)nc12. The summed E-state index contributed by atoms with van der Waals surface area (Å²) in [6.07, 6.45) is -0.273. The fourth-order valence-electron chi connectivity index (χ4n) is 3.72. The first-order valence-corrected chi connectivity index (χ1v) is 10.3. The van der Waals surface area contributed by atoms with E-state index in [1.54, 1.807) is 18.2 Å². The molecule has 4 rings (SSSR count). The first-order valence-electron chi connectivity index (χ1n) is 9.88. The van der Waals surface area contributed by atoms with Crippen molar-refractivity contribution >= 4 is 40.1 Å². The van der Waals surface area contributed by atoms with E-state index in [2.05, 4.69) is 10.1 Å². The molecule has 1 amide bonds. The Kier molecular flexibility index (Phi) is 6.05. The number of carboxylic acids is 1. The number of hydrogen-bond donors (Lipinski definition) is 1. The average molecular weight is 456 g/mol. The highest BCUT2D eigenvalue weighted by molar-refractivity contribution is 6.30. The van der Waals surface area contributed by atoms with E-state index in [9.17, 15) is 14.0 Å². The molecule has 164 valence electrons. The van der Waals surface area contributed by atoms with E-state index in [1.807, 2.05) is 18.2 Å². The molecule has 0 saturated heterocycles. The normalized spacial score (nSPS) is 15.7. The molecule has 1 N–H and O–H groups in total. The zero-order valence-corrected chi connectivity index (χ0v) is 17.8. The van der Waals surface area contributed by atoms with Crippen LogP contribution < -0.4 is 4.74 Å². The second-order valence-electron chi connectivity index (χ2n) is 7.31. The maximum absolute atomic E-state index is 13.8. The van der Waals surface area contributed by atoms with Crippen molar-refractivity contribution in [1.82, 2.24) is 9.99 Å². The lowest BCUT2D eigenvalue weighted by molar-refractivity contribution is -0.141. The van der Waals surface area contributed by atoms with Gasteiger partial charge in [0.25, 0.3) is 0 Å². The van der Waals surface area contributed by atoms with Crippen molar-refractivity contribution in [3.63, 3.8) is 0 Å². The summed E-state index contributed by atoms with van der Waals surface area (Å²) in [5.41, 5.74) is 2.18. The molecule has 0 radical (unpaired) electrons. The summed E-state index contributed by atoms with van der Waals surface area (Å²) in [5.74, 6) is -1.41. The Morgan fingerprint density at radius 2 is 2.00 bits per heavy atom. The fourth-order valence-corrected chi connectivity index (χ4v) is 3.98. The maximum Gasteiger partial charge on any atom is 0.303 e. The van der Waals surface area contributed by atoms with Crippen LogP contribution in [0, 0.1) is 5.82 Å². The standard InChI is InChI=1S/C23H19ClFN3O4/c1-32-19-7-3-5-14-11-16(23(24)26-22(14)19)18-12-17(13-4-2-6-15(25)10-13)27-28(18)20(29)8-9-21(30)31/h2-7,10-11,18H,8-9,12H2,1H3,(H,30,31)/t18-/m0/s1. The number of carbonyl (C=O) groups is 2. The van der Waals surface area contributed by atoms with E-state index >= 15 is 0 Å². The first kappa shape index (κ1) is 21.7. The molecule has 7 nitrogen and oxygen atoms in total. The molecule has 32 heavy (non-hydrogen) atoms. The first-order chi connectivity index (χ1) is 15.4. The lowest BCUT2D eigenvalue weighted by Crippen LogP contribution is -2.27. The van der Waals surface area contributed by atoms with E-state index < -0.39 is 23.7 Å². The number of rotatable bonds is 6. The lowest BCUT2D eigenvalue weighted by Gasteiger charge is -2.23. The Morgan fingerprint density at radius 1 is 1.22 bits per heavy atom. The van der Waals surface area contributed by atoms with Crippen molar-refractivity contribution < 1.29 is 23.8 Å². The van der Waals surface area contributed by atoms with Gasteiger partial charge in [-0.2, -0.15) is 5.10 Å². The zero-order chi connectivity index (χ0) is 22.8. The molecule has 0 saturated carbocycles. The predicted octanol–water partition coefficient (Wildman–Crippen LogP) is 4.58. The molecule has 2 heterocycles. The van der Waals surface area contributed by atoms with Crippen LogP contribution >= 0.6 is 11.6 Å². The molecule has 3 aromatic rings. The lowest BCUT2D eigenvalue weighted by atomic mass is 9.98. The van der Waals surface area contributed by atoms with Crippen molar-refractivity contribution in [2.75, 3.05) is 7.11 Å². The number of benzene rings is 2. The van der Waals surface area contributed by atoms with E-state index in [1.165, 1.54) is 24.3 Å². The third-order valence-electron chi connectivity index (χ3n) is 5.24. The highest BCUT2D eigenvalue weighted by Gasteiger charge is 2.35. The Labute approximate surface area is 188 Å². The third kappa shape index (κ3) is 4.27. The molecule has 0 aliphatic carbocycles. The van der Waals surface area contributed by atoms with E-state index in [0.717, 1.165) is 5.39 Å². The van der Waals surface area contributed by atoms with Crippen LogP contribution in [-0.4, -0.2) is 39.8 Å². The molecular weight excluding hydrogens is 437 g/mol. The molecule has 1 aliphatic rings. The molecule has 9 heteroatoms. The van der Waals surface area contributed by atoms with Crippen molar-refractivity contribution in [1.29, 1.82) is 0 Å². The van der Waals surface area contributed by atoms with Gasteiger partial charge in [0.05, 0.1) is 25.3 Å². The zero-order valence-electron chi connectivity index (χ0n) is 17.1. The number of fused-ring (bicyclic) bond motifs is 1.